The van der Waals surface area contributed by atoms with E-state index in [1.54, 1.807) is 11.3 Å². The molecule has 6 heteroatoms. The molecule has 2 aliphatic carbocycles. The van der Waals surface area contributed by atoms with Gasteiger partial charge in [0, 0.05) is 11.4 Å². The van der Waals surface area contributed by atoms with E-state index in [4.69, 9.17) is 0 Å². The van der Waals surface area contributed by atoms with Gasteiger partial charge in [-0.15, -0.1) is 11.3 Å². The lowest BCUT2D eigenvalue weighted by atomic mass is 9.89. The van der Waals surface area contributed by atoms with E-state index in [9.17, 15) is 9.59 Å². The lowest BCUT2D eigenvalue weighted by Crippen LogP contribution is -2.35. The van der Waals surface area contributed by atoms with Crippen molar-refractivity contribution in [3.05, 3.63) is 27.1 Å². The Balaban J connectivity index is 1.48. The van der Waals surface area contributed by atoms with E-state index < -0.39 is 0 Å². The van der Waals surface area contributed by atoms with Crippen LogP contribution in [0.1, 0.15) is 55.4 Å². The molecule has 1 amide bonds. The highest BCUT2D eigenvalue weighted by molar-refractivity contribution is 7.18. The Morgan fingerprint density at radius 3 is 2.84 bits per heavy atom. The van der Waals surface area contributed by atoms with Crippen LogP contribution in [0, 0.1) is 5.92 Å². The van der Waals surface area contributed by atoms with Crippen molar-refractivity contribution in [2.75, 3.05) is 6.54 Å². The fourth-order valence-corrected chi connectivity index (χ4v) is 5.37. The molecule has 1 saturated carbocycles. The summed E-state index contributed by atoms with van der Waals surface area (Å²) in [4.78, 5) is 31.7. The molecule has 25 heavy (non-hydrogen) atoms. The average molecular weight is 359 g/mol. The molecule has 0 aromatic carbocycles. The zero-order chi connectivity index (χ0) is 17.2. The number of aromatic nitrogens is 2. The van der Waals surface area contributed by atoms with Crippen LogP contribution in [0.2, 0.25) is 0 Å². The largest absolute Gasteiger partial charge is 0.354 e. The topological polar surface area (TPSA) is 64.0 Å². The molecule has 2 aromatic heterocycles. The monoisotopic (exact) mass is 359 g/mol. The first-order valence-electron chi connectivity index (χ1n) is 9.49. The number of fused-ring (bicyclic) bond motifs is 3. The summed E-state index contributed by atoms with van der Waals surface area (Å²) in [5.74, 6) is 0.511. The smallest absolute Gasteiger partial charge is 0.262 e. The minimum absolute atomic E-state index is 0.0581. The lowest BCUT2D eigenvalue weighted by molar-refractivity contribution is -0.121. The maximum atomic E-state index is 12.9. The molecule has 1 fully saturated rings. The fourth-order valence-electron chi connectivity index (χ4n) is 4.15. The second-order valence-electron chi connectivity index (χ2n) is 7.38. The number of carbonyl (C=O) groups excluding carboxylic acids is 1. The van der Waals surface area contributed by atoms with Crippen LogP contribution >= 0.6 is 11.3 Å². The normalized spacial score (nSPS) is 18.2. The van der Waals surface area contributed by atoms with E-state index in [0.717, 1.165) is 36.0 Å². The van der Waals surface area contributed by atoms with Crippen molar-refractivity contribution in [2.45, 2.75) is 64.3 Å². The SMILES string of the molecule is O=C(Cn1cnc2sc3c(c2c1=O)CCCC3)NCC1CCCCC1. The number of nitrogens with one attached hydrogen (secondary N) is 1. The molecule has 0 atom stereocenters. The van der Waals surface area contributed by atoms with Gasteiger partial charge in [-0.25, -0.2) is 4.98 Å². The molecule has 4 rings (SSSR count). The van der Waals surface area contributed by atoms with Crippen LogP contribution in [0.15, 0.2) is 11.1 Å². The molecule has 0 aliphatic heterocycles. The Hall–Kier alpha value is -1.69. The standard InChI is InChI=1S/C19H25N3O2S/c23-16(20-10-13-6-2-1-3-7-13)11-22-12-21-18-17(19(22)24)14-8-4-5-9-15(14)25-18/h12-13H,1-11H2,(H,20,23). The summed E-state index contributed by atoms with van der Waals surface area (Å²) in [6.07, 6.45) is 12.1. The van der Waals surface area contributed by atoms with Gasteiger partial charge in [0.1, 0.15) is 11.4 Å². The first-order chi connectivity index (χ1) is 12.2. The zero-order valence-electron chi connectivity index (χ0n) is 14.6. The Morgan fingerprint density at radius 1 is 1.20 bits per heavy atom. The number of hydrogen-bond acceptors (Lipinski definition) is 4. The molecule has 2 aromatic rings. The zero-order valence-corrected chi connectivity index (χ0v) is 15.4. The molecular weight excluding hydrogens is 334 g/mol. The molecule has 0 unspecified atom stereocenters. The van der Waals surface area contributed by atoms with Crippen LogP contribution in [0.3, 0.4) is 0 Å². The van der Waals surface area contributed by atoms with E-state index in [2.05, 4.69) is 10.3 Å². The highest BCUT2D eigenvalue weighted by atomic mass is 32.1. The third kappa shape index (κ3) is 3.50. The fraction of sp³-hybridized carbons (Fsp3) is 0.632. The number of carbonyl (C=O) groups is 1. The van der Waals surface area contributed by atoms with Gasteiger partial charge in [-0.3, -0.25) is 14.2 Å². The van der Waals surface area contributed by atoms with Crippen molar-refractivity contribution in [2.24, 2.45) is 5.92 Å². The van der Waals surface area contributed by atoms with Gasteiger partial charge in [-0.05, 0) is 50.0 Å². The van der Waals surface area contributed by atoms with Crippen LogP contribution in [-0.2, 0) is 24.2 Å². The predicted molar refractivity (Wildman–Crippen MR) is 100 cm³/mol. The summed E-state index contributed by atoms with van der Waals surface area (Å²) in [7, 11) is 0. The number of hydrogen-bond donors (Lipinski definition) is 1. The molecule has 5 nitrogen and oxygen atoms in total. The van der Waals surface area contributed by atoms with Crippen molar-refractivity contribution in [1.29, 1.82) is 0 Å². The van der Waals surface area contributed by atoms with Crippen LogP contribution < -0.4 is 10.9 Å². The van der Waals surface area contributed by atoms with E-state index in [0.29, 0.717) is 5.92 Å². The quantitative estimate of drug-likeness (QED) is 0.913. The molecule has 0 saturated heterocycles. The molecule has 134 valence electrons. The molecule has 0 spiro atoms. The minimum atomic E-state index is -0.0853. The molecule has 0 bridgehead atoms. The van der Waals surface area contributed by atoms with Gasteiger partial charge >= 0.3 is 0 Å². The summed E-state index contributed by atoms with van der Waals surface area (Å²) < 4.78 is 1.47. The Labute approximate surface area is 151 Å². The lowest BCUT2D eigenvalue weighted by Gasteiger charge is -2.21. The van der Waals surface area contributed by atoms with Crippen molar-refractivity contribution in [3.63, 3.8) is 0 Å². The summed E-state index contributed by atoms with van der Waals surface area (Å²) in [5, 5.41) is 3.76. The Morgan fingerprint density at radius 2 is 2.00 bits per heavy atom. The van der Waals surface area contributed by atoms with Gasteiger partial charge in [-0.1, -0.05) is 19.3 Å². The van der Waals surface area contributed by atoms with Crippen LogP contribution in [0.4, 0.5) is 0 Å². The highest BCUT2D eigenvalue weighted by Crippen LogP contribution is 2.33. The molecule has 2 heterocycles. The third-order valence-electron chi connectivity index (χ3n) is 5.57. The van der Waals surface area contributed by atoms with Crippen molar-refractivity contribution in [1.82, 2.24) is 14.9 Å². The molecule has 0 radical (unpaired) electrons. The van der Waals surface area contributed by atoms with Crippen LogP contribution in [0.5, 0.6) is 0 Å². The minimum Gasteiger partial charge on any atom is -0.354 e. The second kappa shape index (κ2) is 7.28. The number of nitrogens with zero attached hydrogens (tertiary/aromatic N) is 2. The van der Waals surface area contributed by atoms with Crippen LogP contribution in [-0.4, -0.2) is 22.0 Å². The van der Waals surface area contributed by atoms with E-state index in [-0.39, 0.29) is 18.0 Å². The average Bonchev–Trinajstić information content (AvgIpc) is 3.02. The van der Waals surface area contributed by atoms with E-state index >= 15 is 0 Å². The summed E-state index contributed by atoms with van der Waals surface area (Å²) in [6.45, 7) is 0.802. The number of amides is 1. The Bertz CT molecular complexity index is 833. The van der Waals surface area contributed by atoms with E-state index in [1.165, 1.54) is 59.9 Å². The van der Waals surface area contributed by atoms with Gasteiger partial charge in [0.25, 0.3) is 5.56 Å². The van der Waals surface area contributed by atoms with Gasteiger partial charge < -0.3 is 5.32 Å². The van der Waals surface area contributed by atoms with Crippen molar-refractivity contribution in [3.8, 4) is 0 Å². The number of rotatable bonds is 4. The third-order valence-corrected chi connectivity index (χ3v) is 6.77. The highest BCUT2D eigenvalue weighted by Gasteiger charge is 2.20. The predicted octanol–water partition coefficient (Wildman–Crippen LogP) is 3.03. The Kier molecular flexibility index (Phi) is 4.88. The number of aryl methyl sites for hydroxylation is 2. The summed E-state index contributed by atoms with van der Waals surface area (Å²) in [6, 6.07) is 0. The molecule has 2 aliphatic rings. The maximum Gasteiger partial charge on any atom is 0.262 e. The second-order valence-corrected chi connectivity index (χ2v) is 8.46. The maximum absolute atomic E-state index is 12.9. The number of thiophene rings is 1. The van der Waals surface area contributed by atoms with Gasteiger partial charge in [0.15, 0.2) is 0 Å². The van der Waals surface area contributed by atoms with Crippen molar-refractivity contribution < 1.29 is 4.79 Å². The van der Waals surface area contributed by atoms with Crippen LogP contribution in [0.25, 0.3) is 10.2 Å². The van der Waals surface area contributed by atoms with E-state index in [1.807, 2.05) is 0 Å². The van der Waals surface area contributed by atoms with Gasteiger partial charge in [0.2, 0.25) is 5.91 Å². The molecule has 1 N–H and O–H groups in total. The summed E-state index contributed by atoms with van der Waals surface area (Å²) in [5.41, 5.74) is 1.12. The molecular formula is C19H25N3O2S. The van der Waals surface area contributed by atoms with Gasteiger partial charge in [-0.2, -0.15) is 0 Å². The first kappa shape index (κ1) is 16.8. The first-order valence-corrected chi connectivity index (χ1v) is 10.3. The summed E-state index contributed by atoms with van der Waals surface area (Å²) >= 11 is 1.65. The van der Waals surface area contributed by atoms with Crippen molar-refractivity contribution >= 4 is 27.5 Å². The van der Waals surface area contributed by atoms with Gasteiger partial charge in [0.05, 0.1) is 11.7 Å².